The normalized spacial score (nSPS) is 23.2. The molecule has 0 fully saturated rings. The molecule has 0 amide bonds. The van der Waals surface area contributed by atoms with Crippen molar-refractivity contribution in [3.63, 3.8) is 0 Å². The second-order valence-corrected chi connectivity index (χ2v) is 13.7. The molecule has 2 nitrogen and oxygen atoms in total. The van der Waals surface area contributed by atoms with Crippen LogP contribution in [0.15, 0.2) is 126 Å². The van der Waals surface area contributed by atoms with Crippen LogP contribution in [0.2, 0.25) is 0 Å². The minimum atomic E-state index is 0.168. The largest absolute Gasteiger partial charge is 0.285 e. The first-order chi connectivity index (χ1) is 21.4. The molecule has 0 saturated heterocycles. The molecular formula is C42H38N2. The smallest absolute Gasteiger partial charge is 0.0783 e. The zero-order valence-electron chi connectivity index (χ0n) is 25.7. The van der Waals surface area contributed by atoms with Gasteiger partial charge in [-0.3, -0.25) is 9.98 Å². The first-order valence-corrected chi connectivity index (χ1v) is 16.0. The van der Waals surface area contributed by atoms with E-state index in [9.17, 15) is 0 Å². The SMILES string of the molecule is CC(C)(C)C1=Cc2ccc3c4c2C(C=CC4C(c2ccc(C4CC=CC=N4)cc2)C=C3c2ccc(-c3ccccn3)cc2)C1. The van der Waals surface area contributed by atoms with Gasteiger partial charge >= 0.3 is 0 Å². The van der Waals surface area contributed by atoms with E-state index in [1.807, 2.05) is 24.6 Å². The maximum atomic E-state index is 4.72. The highest BCUT2D eigenvalue weighted by Gasteiger charge is 2.38. The molecule has 2 heteroatoms. The molecular weight excluding hydrogens is 532 g/mol. The molecule has 3 aromatic carbocycles. The maximum Gasteiger partial charge on any atom is 0.0783 e. The molecule has 0 N–H and O–H groups in total. The highest BCUT2D eigenvalue weighted by Crippen LogP contribution is 2.55. The molecule has 4 atom stereocenters. The molecule has 0 saturated carbocycles. The van der Waals surface area contributed by atoms with Gasteiger partial charge in [0, 0.05) is 35.7 Å². The summed E-state index contributed by atoms with van der Waals surface area (Å²) >= 11 is 0. The van der Waals surface area contributed by atoms with Crippen LogP contribution in [0.3, 0.4) is 0 Å². The van der Waals surface area contributed by atoms with Crippen LogP contribution in [-0.2, 0) is 0 Å². The van der Waals surface area contributed by atoms with Crippen molar-refractivity contribution in [2.24, 2.45) is 10.4 Å². The van der Waals surface area contributed by atoms with E-state index in [0.717, 1.165) is 24.1 Å². The molecule has 4 aromatic rings. The fourth-order valence-electron chi connectivity index (χ4n) is 7.64. The first kappa shape index (κ1) is 27.0. The van der Waals surface area contributed by atoms with Gasteiger partial charge in [0.15, 0.2) is 0 Å². The third-order valence-corrected chi connectivity index (χ3v) is 10.0. The summed E-state index contributed by atoms with van der Waals surface area (Å²) in [5, 5.41) is 0. The number of hydrogen-bond acceptors (Lipinski definition) is 2. The number of nitrogens with zero attached hydrogens (tertiary/aromatic N) is 2. The zero-order valence-corrected chi connectivity index (χ0v) is 25.7. The van der Waals surface area contributed by atoms with Crippen molar-refractivity contribution in [3.8, 4) is 11.3 Å². The summed E-state index contributed by atoms with van der Waals surface area (Å²) in [6.07, 6.45) is 20.2. The predicted octanol–water partition coefficient (Wildman–Crippen LogP) is 10.6. The summed E-state index contributed by atoms with van der Waals surface area (Å²) in [5.74, 6) is 1.01. The fourth-order valence-corrected chi connectivity index (χ4v) is 7.64. The fraction of sp³-hybridized carbons (Fsp3) is 0.238. The predicted molar refractivity (Wildman–Crippen MR) is 184 cm³/mol. The number of benzene rings is 3. The molecule has 0 radical (unpaired) electrons. The molecule has 2 heterocycles. The number of dihydropyridines is 1. The van der Waals surface area contributed by atoms with E-state index < -0.39 is 0 Å². The van der Waals surface area contributed by atoms with E-state index in [1.54, 1.807) is 11.1 Å². The van der Waals surface area contributed by atoms with Gasteiger partial charge in [-0.25, -0.2) is 0 Å². The van der Waals surface area contributed by atoms with Crippen LogP contribution in [0.5, 0.6) is 0 Å². The summed E-state index contributed by atoms with van der Waals surface area (Å²) in [6.45, 7) is 7.05. The molecule has 4 aliphatic rings. The van der Waals surface area contributed by atoms with Crippen LogP contribution in [-0.4, -0.2) is 11.2 Å². The molecule has 44 heavy (non-hydrogen) atoms. The average molecular weight is 571 g/mol. The second-order valence-electron chi connectivity index (χ2n) is 13.7. The van der Waals surface area contributed by atoms with Gasteiger partial charge in [-0.15, -0.1) is 0 Å². The molecule has 216 valence electrons. The summed E-state index contributed by atoms with van der Waals surface area (Å²) in [6, 6.07) is 29.4. The van der Waals surface area contributed by atoms with E-state index in [0.29, 0.717) is 11.8 Å². The Morgan fingerprint density at radius 2 is 1.55 bits per heavy atom. The number of allylic oxidation sites excluding steroid dienone is 5. The quantitative estimate of drug-likeness (QED) is 0.224. The van der Waals surface area contributed by atoms with Gasteiger partial charge in [-0.2, -0.15) is 0 Å². The molecule has 0 spiro atoms. The van der Waals surface area contributed by atoms with Gasteiger partial charge in [0.25, 0.3) is 0 Å². The molecule has 1 aliphatic heterocycles. The van der Waals surface area contributed by atoms with E-state index >= 15 is 0 Å². The number of hydrogen-bond donors (Lipinski definition) is 0. The Morgan fingerprint density at radius 1 is 0.750 bits per heavy atom. The van der Waals surface area contributed by atoms with Crippen molar-refractivity contribution in [2.75, 3.05) is 0 Å². The summed E-state index contributed by atoms with van der Waals surface area (Å²) < 4.78 is 0. The van der Waals surface area contributed by atoms with Crippen LogP contribution in [0.4, 0.5) is 0 Å². The van der Waals surface area contributed by atoms with Crippen molar-refractivity contribution in [3.05, 3.63) is 160 Å². The first-order valence-electron chi connectivity index (χ1n) is 16.0. The number of rotatable bonds is 4. The third-order valence-electron chi connectivity index (χ3n) is 10.0. The van der Waals surface area contributed by atoms with Crippen LogP contribution in [0.25, 0.3) is 22.9 Å². The molecule has 1 aromatic heterocycles. The van der Waals surface area contributed by atoms with Crippen molar-refractivity contribution in [1.82, 2.24) is 4.98 Å². The van der Waals surface area contributed by atoms with Gasteiger partial charge in [-0.05, 0) is 81.0 Å². The van der Waals surface area contributed by atoms with E-state index in [1.165, 1.54) is 39.0 Å². The van der Waals surface area contributed by atoms with E-state index in [2.05, 4.69) is 129 Å². The minimum Gasteiger partial charge on any atom is -0.285 e. The monoisotopic (exact) mass is 570 g/mol. The van der Waals surface area contributed by atoms with Crippen molar-refractivity contribution in [2.45, 2.75) is 57.4 Å². The Kier molecular flexibility index (Phi) is 6.48. The lowest BCUT2D eigenvalue weighted by atomic mass is 9.63. The zero-order chi connectivity index (χ0) is 29.8. The van der Waals surface area contributed by atoms with E-state index in [4.69, 9.17) is 4.99 Å². The second kappa shape index (κ2) is 10.6. The molecule has 4 unspecified atom stereocenters. The Labute approximate surface area is 261 Å². The van der Waals surface area contributed by atoms with Crippen LogP contribution in [0, 0.1) is 5.41 Å². The van der Waals surface area contributed by atoms with Gasteiger partial charge < -0.3 is 0 Å². The van der Waals surface area contributed by atoms with Gasteiger partial charge in [0.1, 0.15) is 0 Å². The molecule has 3 aliphatic carbocycles. The highest BCUT2D eigenvalue weighted by molar-refractivity contribution is 5.88. The molecule has 8 rings (SSSR count). The van der Waals surface area contributed by atoms with Crippen LogP contribution in [0.1, 0.15) is 96.4 Å². The van der Waals surface area contributed by atoms with Gasteiger partial charge in [-0.1, -0.05) is 123 Å². The van der Waals surface area contributed by atoms with Crippen LogP contribution >= 0.6 is 0 Å². The summed E-state index contributed by atoms with van der Waals surface area (Å²) in [4.78, 5) is 9.29. The molecule has 0 bridgehead atoms. The Bertz CT molecular complexity index is 1880. The number of aromatic nitrogens is 1. The number of aliphatic imine (C=N–C) groups is 1. The Hall–Kier alpha value is -4.56. The highest BCUT2D eigenvalue weighted by atomic mass is 14.8. The lowest BCUT2D eigenvalue weighted by Crippen LogP contribution is -2.25. The standard InChI is InChI=1S/C42H38N2/c1-42(2,3)33-24-31-18-20-34-36(27-10-14-29(15-11-27)38-8-4-6-22-43-38)26-37(35-21-19-32(25-33)40(31)41(34)35)28-12-16-30(17-13-28)39-9-5-7-23-44-39/h4-8,10-24,26,32,35,37,39H,9,25H2,1-3H3. The minimum absolute atomic E-state index is 0.168. The lowest BCUT2D eigenvalue weighted by molar-refractivity contribution is 0.474. The third kappa shape index (κ3) is 4.65. The van der Waals surface area contributed by atoms with Crippen molar-refractivity contribution >= 4 is 17.9 Å². The van der Waals surface area contributed by atoms with E-state index in [-0.39, 0.29) is 17.4 Å². The summed E-state index contributed by atoms with van der Waals surface area (Å²) in [7, 11) is 0. The topological polar surface area (TPSA) is 25.2 Å². The van der Waals surface area contributed by atoms with Crippen molar-refractivity contribution in [1.29, 1.82) is 0 Å². The Balaban J connectivity index is 1.26. The number of pyridine rings is 1. The Morgan fingerprint density at radius 3 is 2.27 bits per heavy atom. The summed E-state index contributed by atoms with van der Waals surface area (Å²) in [5.41, 5.74) is 15.0. The van der Waals surface area contributed by atoms with Crippen LogP contribution < -0.4 is 0 Å². The maximum absolute atomic E-state index is 4.72. The van der Waals surface area contributed by atoms with Crippen molar-refractivity contribution < 1.29 is 0 Å². The van der Waals surface area contributed by atoms with Gasteiger partial charge in [0.05, 0.1) is 11.7 Å². The van der Waals surface area contributed by atoms with Gasteiger partial charge in [0.2, 0.25) is 0 Å². The average Bonchev–Trinajstić information content (AvgIpc) is 3.07. The lowest BCUT2D eigenvalue weighted by Gasteiger charge is -2.41.